The van der Waals surface area contributed by atoms with Crippen molar-refractivity contribution in [1.29, 1.82) is 0 Å². The third kappa shape index (κ3) is 4.02. The van der Waals surface area contributed by atoms with E-state index in [9.17, 15) is 12.8 Å². The van der Waals surface area contributed by atoms with Gasteiger partial charge >= 0.3 is 0 Å². The fourth-order valence-corrected chi connectivity index (χ4v) is 3.44. The number of hydrogen-bond donors (Lipinski definition) is 2. The second-order valence-electron chi connectivity index (χ2n) is 4.32. The average Bonchev–Trinajstić information content (AvgIpc) is 2.92. The van der Waals surface area contributed by atoms with E-state index in [-0.39, 0.29) is 21.6 Å². The van der Waals surface area contributed by atoms with Crippen LogP contribution in [0.2, 0.25) is 0 Å². The van der Waals surface area contributed by atoms with Crippen molar-refractivity contribution in [3.05, 3.63) is 40.9 Å². The lowest BCUT2D eigenvalue weighted by Gasteiger charge is -2.10. The number of hydrogen-bond acceptors (Lipinski definition) is 4. The molecule has 0 radical (unpaired) electrons. The van der Waals surface area contributed by atoms with Crippen LogP contribution in [-0.2, 0) is 16.6 Å². The van der Waals surface area contributed by atoms with Gasteiger partial charge in [-0.1, -0.05) is 0 Å². The Morgan fingerprint density at radius 1 is 1.43 bits per heavy atom. The summed E-state index contributed by atoms with van der Waals surface area (Å²) in [5, 5.41) is 4.02. The molecular formula is C12H14BrFN4O2S. The van der Waals surface area contributed by atoms with Crippen LogP contribution in [0.25, 0.3) is 0 Å². The van der Waals surface area contributed by atoms with Gasteiger partial charge in [-0.3, -0.25) is 4.68 Å². The van der Waals surface area contributed by atoms with Gasteiger partial charge in [-0.05, 0) is 40.5 Å². The highest BCUT2D eigenvalue weighted by Gasteiger charge is 2.19. The summed E-state index contributed by atoms with van der Waals surface area (Å²) >= 11 is 2.95. The highest BCUT2D eigenvalue weighted by atomic mass is 79.9. The minimum Gasteiger partial charge on any atom is -0.398 e. The number of aryl methyl sites for hydroxylation is 1. The van der Waals surface area contributed by atoms with Crippen LogP contribution in [0.4, 0.5) is 10.1 Å². The second kappa shape index (κ2) is 6.54. The molecule has 6 nitrogen and oxygen atoms in total. The van der Waals surface area contributed by atoms with Gasteiger partial charge in [0.2, 0.25) is 10.0 Å². The van der Waals surface area contributed by atoms with Crippen LogP contribution in [0.5, 0.6) is 0 Å². The van der Waals surface area contributed by atoms with Gasteiger partial charge in [0.25, 0.3) is 0 Å². The normalized spacial score (nSPS) is 11.7. The first kappa shape index (κ1) is 15.9. The van der Waals surface area contributed by atoms with Crippen LogP contribution >= 0.6 is 15.9 Å². The number of nitrogens with two attached hydrogens (primary N) is 1. The number of nitrogens with one attached hydrogen (secondary N) is 1. The molecule has 0 aliphatic carbocycles. The summed E-state index contributed by atoms with van der Waals surface area (Å²) in [7, 11) is -3.77. The fourth-order valence-electron chi connectivity index (χ4n) is 1.73. The van der Waals surface area contributed by atoms with Gasteiger partial charge in [0, 0.05) is 25.5 Å². The first-order valence-electron chi connectivity index (χ1n) is 6.12. The van der Waals surface area contributed by atoms with Gasteiger partial charge in [0.1, 0.15) is 10.7 Å². The second-order valence-corrected chi connectivity index (χ2v) is 6.91. The maximum Gasteiger partial charge on any atom is 0.242 e. The smallest absolute Gasteiger partial charge is 0.242 e. The molecular weight excluding hydrogens is 363 g/mol. The summed E-state index contributed by atoms with van der Waals surface area (Å²) in [5.41, 5.74) is 5.43. The van der Waals surface area contributed by atoms with E-state index in [1.807, 2.05) is 0 Å². The van der Waals surface area contributed by atoms with Crippen molar-refractivity contribution < 1.29 is 12.8 Å². The van der Waals surface area contributed by atoms with Crippen molar-refractivity contribution in [2.45, 2.75) is 17.9 Å². The van der Waals surface area contributed by atoms with Crippen molar-refractivity contribution in [1.82, 2.24) is 14.5 Å². The molecule has 1 heterocycles. The summed E-state index contributed by atoms with van der Waals surface area (Å²) < 4.78 is 41.7. The Bertz CT molecular complexity index is 719. The number of benzene rings is 1. The van der Waals surface area contributed by atoms with E-state index in [0.717, 1.165) is 12.1 Å². The van der Waals surface area contributed by atoms with Gasteiger partial charge in [-0.15, -0.1) is 0 Å². The summed E-state index contributed by atoms with van der Waals surface area (Å²) in [6.07, 6.45) is 4.02. The van der Waals surface area contributed by atoms with Crippen LogP contribution in [-0.4, -0.2) is 24.7 Å². The topological polar surface area (TPSA) is 90.0 Å². The molecule has 0 saturated heterocycles. The summed E-state index contributed by atoms with van der Waals surface area (Å²) in [5.74, 6) is -0.606. The molecule has 0 amide bonds. The maximum atomic E-state index is 13.3. The molecule has 0 spiro atoms. The molecule has 9 heteroatoms. The largest absolute Gasteiger partial charge is 0.398 e. The van der Waals surface area contributed by atoms with Crippen molar-refractivity contribution >= 4 is 31.6 Å². The Morgan fingerprint density at radius 3 is 2.86 bits per heavy atom. The third-order valence-electron chi connectivity index (χ3n) is 2.76. The number of halogens is 2. The van der Waals surface area contributed by atoms with E-state index in [1.165, 1.54) is 0 Å². The minimum atomic E-state index is -3.77. The number of aromatic nitrogens is 2. The molecule has 2 aromatic rings. The zero-order valence-corrected chi connectivity index (χ0v) is 13.4. The molecule has 3 N–H and O–H groups in total. The molecule has 0 unspecified atom stereocenters. The Labute approximate surface area is 130 Å². The Hall–Kier alpha value is -1.45. The summed E-state index contributed by atoms with van der Waals surface area (Å²) in [4.78, 5) is -0.144. The first-order valence-corrected chi connectivity index (χ1v) is 8.39. The molecule has 0 atom stereocenters. The minimum absolute atomic E-state index is 0.0496. The van der Waals surface area contributed by atoms with Gasteiger partial charge in [0.05, 0.1) is 10.2 Å². The zero-order valence-electron chi connectivity index (χ0n) is 11.0. The third-order valence-corrected chi connectivity index (χ3v) is 4.88. The Kier molecular flexibility index (Phi) is 4.96. The number of rotatable bonds is 6. The molecule has 0 saturated carbocycles. The Balaban J connectivity index is 2.00. The van der Waals surface area contributed by atoms with E-state index in [0.29, 0.717) is 13.0 Å². The molecule has 0 bridgehead atoms. The zero-order chi connectivity index (χ0) is 15.5. The predicted octanol–water partition coefficient (Wildman–Crippen LogP) is 1.74. The highest BCUT2D eigenvalue weighted by molar-refractivity contribution is 9.10. The van der Waals surface area contributed by atoms with E-state index >= 15 is 0 Å². The van der Waals surface area contributed by atoms with Crippen molar-refractivity contribution in [3.8, 4) is 0 Å². The van der Waals surface area contributed by atoms with E-state index in [1.54, 1.807) is 23.1 Å². The van der Waals surface area contributed by atoms with E-state index in [2.05, 4.69) is 25.8 Å². The summed E-state index contributed by atoms with van der Waals surface area (Å²) in [6, 6.07) is 3.92. The lowest BCUT2D eigenvalue weighted by molar-refractivity contribution is 0.553. The highest BCUT2D eigenvalue weighted by Crippen LogP contribution is 2.25. The quantitative estimate of drug-likeness (QED) is 0.593. The van der Waals surface area contributed by atoms with Crippen LogP contribution in [0.1, 0.15) is 6.42 Å². The van der Waals surface area contributed by atoms with Crippen LogP contribution in [0.15, 0.2) is 40.0 Å². The monoisotopic (exact) mass is 376 g/mol. The SMILES string of the molecule is Nc1cc(F)c(Br)cc1S(=O)(=O)NCCCn1cccn1. The molecule has 114 valence electrons. The molecule has 2 rings (SSSR count). The number of nitrogen functional groups attached to an aromatic ring is 1. The molecule has 1 aromatic heterocycles. The van der Waals surface area contributed by atoms with Gasteiger partial charge in [-0.25, -0.2) is 17.5 Å². The molecule has 0 aliphatic heterocycles. The van der Waals surface area contributed by atoms with Crippen molar-refractivity contribution in [2.75, 3.05) is 12.3 Å². The number of anilines is 1. The molecule has 0 fully saturated rings. The molecule has 21 heavy (non-hydrogen) atoms. The van der Waals surface area contributed by atoms with Crippen LogP contribution in [0, 0.1) is 5.82 Å². The number of nitrogens with zero attached hydrogens (tertiary/aromatic N) is 2. The standard InChI is InChI=1S/C12H14BrFN4O2S/c13-9-7-12(11(15)8-10(9)14)21(19,20)17-4-2-6-18-5-1-3-16-18/h1,3,5,7-8,17H,2,4,6,15H2. The van der Waals surface area contributed by atoms with Crippen LogP contribution in [0.3, 0.4) is 0 Å². The molecule has 0 aliphatic rings. The lowest BCUT2D eigenvalue weighted by atomic mass is 10.3. The molecule has 1 aromatic carbocycles. The van der Waals surface area contributed by atoms with Crippen molar-refractivity contribution in [3.63, 3.8) is 0 Å². The fraction of sp³-hybridized carbons (Fsp3) is 0.250. The first-order chi connectivity index (χ1) is 9.90. The predicted molar refractivity (Wildman–Crippen MR) is 80.5 cm³/mol. The van der Waals surface area contributed by atoms with Crippen LogP contribution < -0.4 is 10.5 Å². The lowest BCUT2D eigenvalue weighted by Crippen LogP contribution is -2.26. The van der Waals surface area contributed by atoms with Gasteiger partial charge in [0.15, 0.2) is 0 Å². The van der Waals surface area contributed by atoms with Gasteiger partial charge in [-0.2, -0.15) is 5.10 Å². The summed E-state index contributed by atoms with van der Waals surface area (Å²) in [6.45, 7) is 0.828. The van der Waals surface area contributed by atoms with Crippen molar-refractivity contribution in [2.24, 2.45) is 0 Å². The van der Waals surface area contributed by atoms with E-state index < -0.39 is 15.8 Å². The maximum absolute atomic E-state index is 13.3. The number of sulfonamides is 1. The van der Waals surface area contributed by atoms with E-state index in [4.69, 9.17) is 5.73 Å². The Morgan fingerprint density at radius 2 is 2.19 bits per heavy atom. The average molecular weight is 377 g/mol. The van der Waals surface area contributed by atoms with Gasteiger partial charge < -0.3 is 5.73 Å².